The van der Waals surface area contributed by atoms with Gasteiger partial charge >= 0.3 is 0 Å². The van der Waals surface area contributed by atoms with Gasteiger partial charge in [-0.05, 0) is 43.9 Å². The minimum absolute atomic E-state index is 0.00820. The number of methoxy groups -OCH3 is 1. The van der Waals surface area contributed by atoms with Crippen molar-refractivity contribution in [2.45, 2.75) is 51.4 Å². The first-order chi connectivity index (χ1) is 11.6. The average Bonchev–Trinajstić information content (AvgIpc) is 3.09. The second-order valence-electron chi connectivity index (χ2n) is 6.05. The van der Waals surface area contributed by atoms with E-state index in [0.29, 0.717) is 31.1 Å². The molecule has 0 bridgehead atoms. The Morgan fingerprint density at radius 3 is 2.83 bits per heavy atom. The Morgan fingerprint density at radius 2 is 2.21 bits per heavy atom. The summed E-state index contributed by atoms with van der Waals surface area (Å²) in [6, 6.07) is 5.57. The van der Waals surface area contributed by atoms with Gasteiger partial charge in [0.05, 0.1) is 25.9 Å². The zero-order chi connectivity index (χ0) is 17.5. The Morgan fingerprint density at radius 1 is 1.42 bits per heavy atom. The summed E-state index contributed by atoms with van der Waals surface area (Å²) < 4.78 is 16.7. The maximum Gasteiger partial charge on any atom is 0.249 e. The first kappa shape index (κ1) is 18.5. The number of nitrogens with one attached hydrogen (secondary N) is 1. The lowest BCUT2D eigenvalue weighted by atomic mass is 10.1. The van der Waals surface area contributed by atoms with Gasteiger partial charge in [0.2, 0.25) is 5.91 Å². The Bertz CT molecular complexity index is 550. The van der Waals surface area contributed by atoms with Gasteiger partial charge in [0.15, 0.2) is 11.5 Å². The van der Waals surface area contributed by atoms with Crippen molar-refractivity contribution in [1.29, 1.82) is 0 Å². The molecule has 1 aromatic rings. The molecule has 134 valence electrons. The van der Waals surface area contributed by atoms with E-state index in [0.717, 1.165) is 18.4 Å². The predicted octanol–water partition coefficient (Wildman–Crippen LogP) is 2.17. The smallest absolute Gasteiger partial charge is 0.249 e. The Balaban J connectivity index is 1.98. The largest absolute Gasteiger partial charge is 0.493 e. The van der Waals surface area contributed by atoms with E-state index in [2.05, 4.69) is 12.2 Å². The van der Waals surface area contributed by atoms with Crippen molar-refractivity contribution >= 4 is 5.91 Å². The van der Waals surface area contributed by atoms with Gasteiger partial charge in [-0.3, -0.25) is 4.79 Å². The summed E-state index contributed by atoms with van der Waals surface area (Å²) in [5.74, 6) is 1.29. The number of hydrogen-bond acceptors (Lipinski definition) is 5. The highest BCUT2D eigenvalue weighted by molar-refractivity contribution is 5.81. The third kappa shape index (κ3) is 4.61. The number of amides is 1. The van der Waals surface area contributed by atoms with E-state index < -0.39 is 6.10 Å². The van der Waals surface area contributed by atoms with Crippen molar-refractivity contribution in [1.82, 2.24) is 5.32 Å². The van der Waals surface area contributed by atoms with Crippen LogP contribution < -0.4 is 20.5 Å². The minimum atomic E-state index is -0.407. The van der Waals surface area contributed by atoms with Crippen molar-refractivity contribution in [2.75, 3.05) is 20.3 Å². The number of carbonyl (C=O) groups is 1. The van der Waals surface area contributed by atoms with Crippen molar-refractivity contribution in [3.8, 4) is 11.5 Å². The molecule has 0 aliphatic carbocycles. The predicted molar refractivity (Wildman–Crippen MR) is 92.3 cm³/mol. The van der Waals surface area contributed by atoms with Crippen molar-refractivity contribution in [2.24, 2.45) is 5.73 Å². The van der Waals surface area contributed by atoms with Crippen LogP contribution in [0.1, 0.15) is 44.7 Å². The van der Waals surface area contributed by atoms with Crippen LogP contribution in [0.5, 0.6) is 11.5 Å². The quantitative estimate of drug-likeness (QED) is 0.760. The number of benzene rings is 1. The Kier molecular flexibility index (Phi) is 6.87. The molecule has 1 unspecified atom stereocenters. The maximum atomic E-state index is 12.3. The van der Waals surface area contributed by atoms with E-state index in [1.165, 1.54) is 0 Å². The Labute approximate surface area is 143 Å². The molecule has 24 heavy (non-hydrogen) atoms. The van der Waals surface area contributed by atoms with E-state index in [4.69, 9.17) is 19.9 Å². The van der Waals surface area contributed by atoms with E-state index in [1.54, 1.807) is 7.11 Å². The second-order valence-corrected chi connectivity index (χ2v) is 6.05. The number of hydrogen-bond donors (Lipinski definition) is 2. The molecule has 1 heterocycles. The van der Waals surface area contributed by atoms with Crippen molar-refractivity contribution in [3.05, 3.63) is 23.8 Å². The lowest BCUT2D eigenvalue weighted by Gasteiger charge is -2.19. The molecular weight excluding hydrogens is 308 g/mol. The van der Waals surface area contributed by atoms with Gasteiger partial charge in [0.1, 0.15) is 6.10 Å². The minimum Gasteiger partial charge on any atom is -0.493 e. The van der Waals surface area contributed by atoms with Crippen LogP contribution in [0.15, 0.2) is 18.2 Å². The van der Waals surface area contributed by atoms with E-state index in [9.17, 15) is 4.79 Å². The highest BCUT2D eigenvalue weighted by atomic mass is 16.5. The third-order valence-electron chi connectivity index (χ3n) is 4.17. The lowest BCUT2D eigenvalue weighted by Crippen LogP contribution is -2.37. The number of rotatable bonds is 8. The molecule has 0 radical (unpaired) electrons. The van der Waals surface area contributed by atoms with Crippen LogP contribution in [-0.4, -0.2) is 38.4 Å². The summed E-state index contributed by atoms with van der Waals surface area (Å²) in [7, 11) is 1.61. The van der Waals surface area contributed by atoms with Gasteiger partial charge in [-0.15, -0.1) is 0 Å². The third-order valence-corrected chi connectivity index (χ3v) is 4.17. The van der Waals surface area contributed by atoms with Crippen LogP contribution >= 0.6 is 0 Å². The topological polar surface area (TPSA) is 82.8 Å². The molecule has 6 heteroatoms. The SMILES string of the molecule is CCCOc1ccc(C(C)NC(=O)[C@@H]2CC[C@H](CN)O2)cc1OC. The molecule has 3 atom stereocenters. The van der Waals surface area contributed by atoms with Crippen LogP contribution in [0, 0.1) is 0 Å². The summed E-state index contributed by atoms with van der Waals surface area (Å²) >= 11 is 0. The number of carbonyl (C=O) groups excluding carboxylic acids is 1. The van der Waals surface area contributed by atoms with Gasteiger partial charge < -0.3 is 25.3 Å². The summed E-state index contributed by atoms with van der Waals surface area (Å²) in [4.78, 5) is 12.3. The van der Waals surface area contributed by atoms with Gasteiger partial charge in [0, 0.05) is 6.54 Å². The van der Waals surface area contributed by atoms with Gasteiger partial charge in [0.25, 0.3) is 0 Å². The average molecular weight is 336 g/mol. The number of ether oxygens (including phenoxy) is 3. The zero-order valence-electron chi connectivity index (χ0n) is 14.7. The molecule has 1 aromatic carbocycles. The van der Waals surface area contributed by atoms with E-state index >= 15 is 0 Å². The second kappa shape index (κ2) is 8.89. The van der Waals surface area contributed by atoms with Crippen LogP contribution in [-0.2, 0) is 9.53 Å². The van der Waals surface area contributed by atoms with E-state index in [-0.39, 0.29) is 18.1 Å². The molecule has 1 fully saturated rings. The highest BCUT2D eigenvalue weighted by Crippen LogP contribution is 2.30. The maximum absolute atomic E-state index is 12.3. The Hall–Kier alpha value is -1.79. The molecule has 0 spiro atoms. The molecule has 1 aliphatic heterocycles. The van der Waals surface area contributed by atoms with Crippen LogP contribution in [0.2, 0.25) is 0 Å². The monoisotopic (exact) mass is 336 g/mol. The molecule has 3 N–H and O–H groups in total. The highest BCUT2D eigenvalue weighted by Gasteiger charge is 2.30. The first-order valence-corrected chi connectivity index (χ1v) is 8.55. The fourth-order valence-corrected chi connectivity index (χ4v) is 2.75. The summed E-state index contributed by atoms with van der Waals surface area (Å²) in [6.45, 7) is 5.09. The zero-order valence-corrected chi connectivity index (χ0v) is 14.7. The van der Waals surface area contributed by atoms with Crippen LogP contribution in [0.4, 0.5) is 0 Å². The van der Waals surface area contributed by atoms with Gasteiger partial charge in [-0.25, -0.2) is 0 Å². The van der Waals surface area contributed by atoms with Crippen LogP contribution in [0.3, 0.4) is 0 Å². The summed E-state index contributed by atoms with van der Waals surface area (Å²) in [5, 5.41) is 3.00. The normalized spacial score (nSPS) is 21.3. The summed E-state index contributed by atoms with van der Waals surface area (Å²) in [5.41, 5.74) is 6.54. The first-order valence-electron chi connectivity index (χ1n) is 8.55. The lowest BCUT2D eigenvalue weighted by molar-refractivity contribution is -0.132. The van der Waals surface area contributed by atoms with E-state index in [1.807, 2.05) is 25.1 Å². The van der Waals surface area contributed by atoms with Crippen molar-refractivity contribution < 1.29 is 19.0 Å². The molecule has 2 rings (SSSR count). The fraction of sp³-hybridized carbons (Fsp3) is 0.611. The molecule has 1 saturated heterocycles. The van der Waals surface area contributed by atoms with Gasteiger partial charge in [-0.2, -0.15) is 0 Å². The van der Waals surface area contributed by atoms with Crippen LogP contribution in [0.25, 0.3) is 0 Å². The molecule has 1 amide bonds. The van der Waals surface area contributed by atoms with Crippen molar-refractivity contribution in [3.63, 3.8) is 0 Å². The fourth-order valence-electron chi connectivity index (χ4n) is 2.75. The standard InChI is InChI=1S/C18H28N2O4/c1-4-9-23-15-7-5-13(10-17(15)22-3)12(2)20-18(21)16-8-6-14(11-19)24-16/h5,7,10,12,14,16H,4,6,8-9,11,19H2,1-3H3,(H,20,21)/t12?,14-,16+/m1/s1. The molecule has 0 aromatic heterocycles. The molecule has 0 saturated carbocycles. The van der Waals surface area contributed by atoms with Gasteiger partial charge in [-0.1, -0.05) is 13.0 Å². The molecule has 1 aliphatic rings. The summed E-state index contributed by atoms with van der Waals surface area (Å²) in [6.07, 6.45) is 2.07. The number of nitrogens with two attached hydrogens (primary N) is 1. The molecular formula is C18H28N2O4. The molecule has 6 nitrogen and oxygen atoms in total.